The molecule has 3 aliphatic rings. The van der Waals surface area contributed by atoms with Crippen molar-refractivity contribution in [3.8, 4) is 0 Å². The molecule has 3 heterocycles. The number of hydrogen-bond acceptors (Lipinski definition) is 5. The lowest BCUT2D eigenvalue weighted by Crippen LogP contribution is -2.49. The third kappa shape index (κ3) is 3.62. The SMILES string of the molecule is O=C(CC1CC1)N1CCN(c2ccc(N3CCCCC3)nn2)CC1. The first-order chi connectivity index (χ1) is 11.8. The Morgan fingerprint density at radius 3 is 2.00 bits per heavy atom. The van der Waals surface area contributed by atoms with E-state index in [1.54, 1.807) is 0 Å². The molecule has 0 radical (unpaired) electrons. The van der Waals surface area contributed by atoms with Crippen LogP contribution in [0.1, 0.15) is 38.5 Å². The van der Waals surface area contributed by atoms with Gasteiger partial charge in [-0.15, -0.1) is 10.2 Å². The van der Waals surface area contributed by atoms with Crippen LogP contribution in [0.15, 0.2) is 12.1 Å². The molecule has 3 fully saturated rings. The second-order valence-corrected chi connectivity index (χ2v) is 7.31. The van der Waals surface area contributed by atoms with Crippen molar-refractivity contribution < 1.29 is 4.79 Å². The topological polar surface area (TPSA) is 52.6 Å². The number of carbonyl (C=O) groups is 1. The normalized spacial score (nSPS) is 21.9. The Hall–Kier alpha value is -1.85. The molecule has 1 aromatic heterocycles. The van der Waals surface area contributed by atoms with Gasteiger partial charge in [-0.05, 0) is 50.2 Å². The Morgan fingerprint density at radius 2 is 1.46 bits per heavy atom. The number of carbonyl (C=O) groups excluding carboxylic acids is 1. The van der Waals surface area contributed by atoms with Gasteiger partial charge in [-0.3, -0.25) is 4.79 Å². The molecule has 24 heavy (non-hydrogen) atoms. The van der Waals surface area contributed by atoms with Crippen LogP contribution < -0.4 is 9.80 Å². The van der Waals surface area contributed by atoms with Crippen molar-refractivity contribution in [2.75, 3.05) is 49.1 Å². The fourth-order valence-electron chi connectivity index (χ4n) is 3.66. The summed E-state index contributed by atoms with van der Waals surface area (Å²) in [5, 5.41) is 8.87. The number of amides is 1. The first kappa shape index (κ1) is 15.7. The summed E-state index contributed by atoms with van der Waals surface area (Å²) < 4.78 is 0. The van der Waals surface area contributed by atoms with Crippen LogP contribution in [-0.4, -0.2) is 60.3 Å². The molecule has 1 aliphatic carbocycles. The van der Waals surface area contributed by atoms with Gasteiger partial charge in [0.15, 0.2) is 11.6 Å². The van der Waals surface area contributed by atoms with Crippen molar-refractivity contribution in [3.63, 3.8) is 0 Å². The second-order valence-electron chi connectivity index (χ2n) is 7.31. The van der Waals surface area contributed by atoms with E-state index in [0.717, 1.165) is 57.3 Å². The highest BCUT2D eigenvalue weighted by Gasteiger charge is 2.29. The minimum absolute atomic E-state index is 0.337. The average Bonchev–Trinajstić information content (AvgIpc) is 3.47. The third-order valence-corrected chi connectivity index (χ3v) is 5.43. The van der Waals surface area contributed by atoms with Gasteiger partial charge in [0, 0.05) is 45.7 Å². The predicted octanol–water partition coefficient (Wildman–Crippen LogP) is 1.92. The third-order valence-electron chi connectivity index (χ3n) is 5.43. The molecular formula is C18H27N5O. The minimum atomic E-state index is 0.337. The fraction of sp³-hybridized carbons (Fsp3) is 0.722. The van der Waals surface area contributed by atoms with Crippen molar-refractivity contribution in [2.24, 2.45) is 5.92 Å². The lowest BCUT2D eigenvalue weighted by Gasteiger charge is -2.35. The van der Waals surface area contributed by atoms with Gasteiger partial charge in [0.1, 0.15) is 0 Å². The van der Waals surface area contributed by atoms with E-state index >= 15 is 0 Å². The zero-order chi connectivity index (χ0) is 16.4. The number of nitrogens with zero attached hydrogens (tertiary/aromatic N) is 5. The van der Waals surface area contributed by atoms with Crippen LogP contribution in [0.5, 0.6) is 0 Å². The van der Waals surface area contributed by atoms with Gasteiger partial charge in [0.25, 0.3) is 0 Å². The molecule has 2 aliphatic heterocycles. The summed E-state index contributed by atoms with van der Waals surface area (Å²) >= 11 is 0. The second kappa shape index (κ2) is 6.95. The van der Waals surface area contributed by atoms with E-state index in [9.17, 15) is 4.79 Å². The van der Waals surface area contributed by atoms with Crippen LogP contribution in [0.3, 0.4) is 0 Å². The van der Waals surface area contributed by atoms with Gasteiger partial charge in [-0.25, -0.2) is 0 Å². The monoisotopic (exact) mass is 329 g/mol. The highest BCUT2D eigenvalue weighted by molar-refractivity contribution is 5.77. The quantitative estimate of drug-likeness (QED) is 0.845. The summed E-state index contributed by atoms with van der Waals surface area (Å²) in [5.74, 6) is 2.94. The van der Waals surface area contributed by atoms with Gasteiger partial charge >= 0.3 is 0 Å². The molecule has 0 atom stereocenters. The summed E-state index contributed by atoms with van der Waals surface area (Å²) in [6, 6.07) is 4.18. The number of aromatic nitrogens is 2. The molecule has 1 saturated carbocycles. The maximum absolute atomic E-state index is 12.2. The molecule has 0 N–H and O–H groups in total. The number of rotatable bonds is 4. The van der Waals surface area contributed by atoms with Crippen LogP contribution >= 0.6 is 0 Å². The summed E-state index contributed by atoms with van der Waals surface area (Å²) in [6.45, 7) is 5.51. The van der Waals surface area contributed by atoms with Crippen molar-refractivity contribution in [2.45, 2.75) is 38.5 Å². The summed E-state index contributed by atoms with van der Waals surface area (Å²) in [5.41, 5.74) is 0. The highest BCUT2D eigenvalue weighted by Crippen LogP contribution is 2.33. The van der Waals surface area contributed by atoms with E-state index in [1.165, 1.54) is 32.1 Å². The molecule has 0 spiro atoms. The van der Waals surface area contributed by atoms with Crippen LogP contribution in [0.4, 0.5) is 11.6 Å². The number of anilines is 2. The lowest BCUT2D eigenvalue weighted by atomic mass is 10.1. The van der Waals surface area contributed by atoms with E-state index in [4.69, 9.17) is 0 Å². The number of hydrogen-bond donors (Lipinski definition) is 0. The molecule has 0 bridgehead atoms. The van der Waals surface area contributed by atoms with E-state index < -0.39 is 0 Å². The van der Waals surface area contributed by atoms with Crippen LogP contribution in [0.2, 0.25) is 0 Å². The first-order valence-electron chi connectivity index (χ1n) is 9.41. The Morgan fingerprint density at radius 1 is 0.875 bits per heavy atom. The highest BCUT2D eigenvalue weighted by atomic mass is 16.2. The standard InChI is InChI=1S/C18H27N5O/c24-18(14-15-4-5-15)23-12-10-22(11-13-23)17-7-6-16(19-20-17)21-8-2-1-3-9-21/h6-7,15H,1-5,8-14H2. The molecule has 1 aromatic rings. The van der Waals surface area contributed by atoms with Crippen LogP contribution in [0, 0.1) is 5.92 Å². The number of piperidine rings is 1. The van der Waals surface area contributed by atoms with E-state index in [1.807, 2.05) is 4.90 Å². The molecule has 6 nitrogen and oxygen atoms in total. The maximum Gasteiger partial charge on any atom is 0.222 e. The molecular weight excluding hydrogens is 302 g/mol. The smallest absolute Gasteiger partial charge is 0.222 e. The van der Waals surface area contributed by atoms with Gasteiger partial charge < -0.3 is 14.7 Å². The Balaban J connectivity index is 1.31. The largest absolute Gasteiger partial charge is 0.355 e. The Kier molecular flexibility index (Phi) is 4.54. The van der Waals surface area contributed by atoms with Gasteiger partial charge in [-0.2, -0.15) is 0 Å². The van der Waals surface area contributed by atoms with E-state index in [-0.39, 0.29) is 0 Å². The van der Waals surface area contributed by atoms with Crippen LogP contribution in [0.25, 0.3) is 0 Å². The summed E-state index contributed by atoms with van der Waals surface area (Å²) in [6.07, 6.45) is 7.06. The Labute approximate surface area is 143 Å². The van der Waals surface area contributed by atoms with Gasteiger partial charge in [0.2, 0.25) is 5.91 Å². The molecule has 0 aromatic carbocycles. The molecule has 6 heteroatoms. The molecule has 130 valence electrons. The number of piperazine rings is 1. The molecule has 1 amide bonds. The predicted molar refractivity (Wildman–Crippen MR) is 94.2 cm³/mol. The first-order valence-corrected chi connectivity index (χ1v) is 9.41. The lowest BCUT2D eigenvalue weighted by molar-refractivity contribution is -0.131. The molecule has 4 rings (SSSR count). The van der Waals surface area contributed by atoms with Crippen molar-refractivity contribution >= 4 is 17.5 Å². The maximum atomic E-state index is 12.2. The minimum Gasteiger partial charge on any atom is -0.355 e. The van der Waals surface area contributed by atoms with Gasteiger partial charge in [-0.1, -0.05) is 0 Å². The van der Waals surface area contributed by atoms with Crippen LogP contribution in [-0.2, 0) is 4.79 Å². The average molecular weight is 329 g/mol. The van der Waals surface area contributed by atoms with Crippen molar-refractivity contribution in [1.82, 2.24) is 15.1 Å². The van der Waals surface area contributed by atoms with Crippen molar-refractivity contribution in [1.29, 1.82) is 0 Å². The Bertz CT molecular complexity index is 557. The zero-order valence-corrected chi connectivity index (χ0v) is 14.4. The van der Waals surface area contributed by atoms with E-state index in [2.05, 4.69) is 32.1 Å². The summed E-state index contributed by atoms with van der Waals surface area (Å²) in [4.78, 5) is 18.8. The zero-order valence-electron chi connectivity index (χ0n) is 14.4. The van der Waals surface area contributed by atoms with Gasteiger partial charge in [0.05, 0.1) is 0 Å². The molecule has 2 saturated heterocycles. The van der Waals surface area contributed by atoms with E-state index in [0.29, 0.717) is 11.8 Å². The molecule has 0 unspecified atom stereocenters. The summed E-state index contributed by atoms with van der Waals surface area (Å²) in [7, 11) is 0. The fourth-order valence-corrected chi connectivity index (χ4v) is 3.66. The van der Waals surface area contributed by atoms with Crippen molar-refractivity contribution in [3.05, 3.63) is 12.1 Å².